The van der Waals surface area contributed by atoms with Crippen LogP contribution in [0.15, 0.2) is 60.7 Å². The molecule has 3 heteroatoms. The molecule has 120 valence electrons. The van der Waals surface area contributed by atoms with Crippen molar-refractivity contribution >= 4 is 11.8 Å². The first-order valence-electron chi connectivity index (χ1n) is 8.02. The summed E-state index contributed by atoms with van der Waals surface area (Å²) in [6, 6.07) is 18.4. The van der Waals surface area contributed by atoms with E-state index < -0.39 is 11.9 Å². The molecule has 23 heavy (non-hydrogen) atoms. The summed E-state index contributed by atoms with van der Waals surface area (Å²) in [5.74, 6) is -1.31. The minimum atomic E-state index is -0.721. The Bertz CT molecular complexity index is 620. The Hall–Kier alpha value is -2.42. The van der Waals surface area contributed by atoms with Crippen molar-refractivity contribution in [1.82, 2.24) is 0 Å². The van der Waals surface area contributed by atoms with Crippen LogP contribution < -0.4 is 0 Å². The monoisotopic (exact) mass is 310 g/mol. The van der Waals surface area contributed by atoms with Crippen LogP contribution in [0.25, 0.3) is 0 Å². The van der Waals surface area contributed by atoms with Crippen molar-refractivity contribution in [3.8, 4) is 0 Å². The van der Waals surface area contributed by atoms with Crippen LogP contribution in [-0.2, 0) is 16.1 Å². The van der Waals surface area contributed by atoms with Gasteiger partial charge < -0.3 is 4.74 Å². The molecule has 0 aliphatic carbocycles. The third kappa shape index (κ3) is 5.06. The van der Waals surface area contributed by atoms with Crippen molar-refractivity contribution in [2.45, 2.75) is 32.8 Å². The van der Waals surface area contributed by atoms with Gasteiger partial charge in [-0.3, -0.25) is 9.59 Å². The van der Waals surface area contributed by atoms with E-state index >= 15 is 0 Å². The van der Waals surface area contributed by atoms with E-state index in [1.54, 1.807) is 24.3 Å². The Kier molecular flexibility index (Phi) is 6.55. The van der Waals surface area contributed by atoms with Gasteiger partial charge in [-0.05, 0) is 12.0 Å². The number of rotatable bonds is 8. The molecular weight excluding hydrogens is 288 g/mol. The van der Waals surface area contributed by atoms with Crippen molar-refractivity contribution in [2.24, 2.45) is 5.92 Å². The van der Waals surface area contributed by atoms with E-state index in [2.05, 4.69) is 0 Å². The average molecular weight is 310 g/mol. The van der Waals surface area contributed by atoms with Crippen LogP contribution in [0.3, 0.4) is 0 Å². The highest BCUT2D eigenvalue weighted by Gasteiger charge is 2.28. The first-order valence-corrected chi connectivity index (χ1v) is 8.02. The topological polar surface area (TPSA) is 43.4 Å². The van der Waals surface area contributed by atoms with Crippen LogP contribution in [-0.4, -0.2) is 11.8 Å². The van der Waals surface area contributed by atoms with E-state index in [4.69, 9.17) is 4.74 Å². The number of ether oxygens (including phenoxy) is 1. The minimum absolute atomic E-state index is 0.155. The maximum absolute atomic E-state index is 12.6. The summed E-state index contributed by atoms with van der Waals surface area (Å²) in [5, 5.41) is 0. The van der Waals surface area contributed by atoms with Crippen LogP contribution in [0, 0.1) is 5.92 Å². The fourth-order valence-electron chi connectivity index (χ4n) is 2.40. The molecule has 0 aromatic heterocycles. The lowest BCUT2D eigenvalue weighted by atomic mass is 9.93. The molecule has 0 amide bonds. The fourth-order valence-corrected chi connectivity index (χ4v) is 2.40. The molecule has 3 nitrogen and oxygen atoms in total. The molecule has 1 atom stereocenters. The Labute approximate surface area is 137 Å². The van der Waals surface area contributed by atoms with Gasteiger partial charge in [0.25, 0.3) is 0 Å². The van der Waals surface area contributed by atoms with Gasteiger partial charge in [0.15, 0.2) is 5.78 Å². The van der Waals surface area contributed by atoms with E-state index in [9.17, 15) is 9.59 Å². The molecule has 0 heterocycles. The number of carbonyl (C=O) groups is 2. The van der Waals surface area contributed by atoms with Crippen LogP contribution >= 0.6 is 0 Å². The number of ketones is 1. The predicted octanol–water partition coefficient (Wildman–Crippen LogP) is 4.42. The molecule has 2 rings (SSSR count). The lowest BCUT2D eigenvalue weighted by Crippen LogP contribution is -2.26. The number of benzene rings is 2. The smallest absolute Gasteiger partial charge is 0.317 e. The first kappa shape index (κ1) is 16.9. The predicted molar refractivity (Wildman–Crippen MR) is 90.0 cm³/mol. The minimum Gasteiger partial charge on any atom is -0.460 e. The van der Waals surface area contributed by atoms with Gasteiger partial charge >= 0.3 is 5.97 Å². The van der Waals surface area contributed by atoms with E-state index in [0.717, 1.165) is 18.4 Å². The van der Waals surface area contributed by atoms with Gasteiger partial charge in [0.2, 0.25) is 0 Å². The summed E-state index contributed by atoms with van der Waals surface area (Å²) in [5.41, 5.74) is 1.48. The number of Topliss-reactive ketones (excluding diaryl/α,β-unsaturated/α-hetero) is 1. The van der Waals surface area contributed by atoms with E-state index in [1.807, 2.05) is 43.3 Å². The molecule has 2 aromatic carbocycles. The van der Waals surface area contributed by atoms with Crippen LogP contribution in [0.1, 0.15) is 42.1 Å². The Morgan fingerprint density at radius 1 is 0.957 bits per heavy atom. The highest BCUT2D eigenvalue weighted by Crippen LogP contribution is 2.18. The molecule has 0 saturated heterocycles. The molecule has 0 bridgehead atoms. The van der Waals surface area contributed by atoms with Gasteiger partial charge in [-0.15, -0.1) is 0 Å². The third-order valence-electron chi connectivity index (χ3n) is 3.73. The summed E-state index contributed by atoms with van der Waals surface area (Å²) < 4.78 is 5.37. The quantitative estimate of drug-likeness (QED) is 0.412. The maximum Gasteiger partial charge on any atom is 0.317 e. The highest BCUT2D eigenvalue weighted by molar-refractivity contribution is 6.08. The molecule has 0 radical (unpaired) electrons. The lowest BCUT2D eigenvalue weighted by Gasteiger charge is -2.15. The zero-order chi connectivity index (χ0) is 16.5. The first-order chi connectivity index (χ1) is 11.2. The molecule has 0 N–H and O–H groups in total. The second-order valence-electron chi connectivity index (χ2n) is 5.52. The Morgan fingerprint density at radius 3 is 2.17 bits per heavy atom. The van der Waals surface area contributed by atoms with Gasteiger partial charge in [0, 0.05) is 5.56 Å². The van der Waals surface area contributed by atoms with Crippen molar-refractivity contribution in [3.63, 3.8) is 0 Å². The van der Waals surface area contributed by atoms with Crippen molar-refractivity contribution in [3.05, 3.63) is 71.8 Å². The van der Waals surface area contributed by atoms with Crippen molar-refractivity contribution < 1.29 is 14.3 Å². The van der Waals surface area contributed by atoms with Crippen LogP contribution in [0.4, 0.5) is 0 Å². The van der Waals surface area contributed by atoms with Gasteiger partial charge in [0.1, 0.15) is 12.5 Å². The maximum atomic E-state index is 12.6. The van der Waals surface area contributed by atoms with Gasteiger partial charge in [0.05, 0.1) is 0 Å². The third-order valence-corrected chi connectivity index (χ3v) is 3.73. The zero-order valence-electron chi connectivity index (χ0n) is 13.4. The summed E-state index contributed by atoms with van der Waals surface area (Å²) in [4.78, 5) is 25.0. The van der Waals surface area contributed by atoms with Crippen molar-refractivity contribution in [1.29, 1.82) is 0 Å². The zero-order valence-corrected chi connectivity index (χ0v) is 13.4. The molecule has 0 spiro atoms. The standard InChI is InChI=1S/C20H22O3/c1-2-3-14-18(19(21)17-12-8-5-9-13-17)20(22)23-15-16-10-6-4-7-11-16/h4-13,18H,2-3,14-15H2,1H3. The van der Waals surface area contributed by atoms with Crippen molar-refractivity contribution in [2.75, 3.05) is 0 Å². The SMILES string of the molecule is CCCCC(C(=O)OCc1ccccc1)C(=O)c1ccccc1. The Balaban J connectivity index is 2.04. The van der Waals surface area contributed by atoms with Crippen LogP contribution in [0.2, 0.25) is 0 Å². The molecule has 0 aliphatic heterocycles. The highest BCUT2D eigenvalue weighted by atomic mass is 16.5. The molecule has 0 fully saturated rings. The largest absolute Gasteiger partial charge is 0.460 e. The number of carbonyl (C=O) groups excluding carboxylic acids is 2. The molecule has 1 unspecified atom stereocenters. The lowest BCUT2D eigenvalue weighted by molar-refractivity contribution is -0.148. The normalized spacial score (nSPS) is 11.7. The second kappa shape index (κ2) is 8.89. The number of hydrogen-bond acceptors (Lipinski definition) is 3. The van der Waals surface area contributed by atoms with Gasteiger partial charge in [-0.1, -0.05) is 80.4 Å². The molecule has 0 aliphatic rings. The summed E-state index contributed by atoms with van der Waals surface area (Å²) in [6.07, 6.45) is 2.28. The van der Waals surface area contributed by atoms with E-state index in [1.165, 1.54) is 0 Å². The molecular formula is C20H22O3. The summed E-state index contributed by atoms with van der Waals surface area (Å²) in [6.45, 7) is 2.24. The van der Waals surface area contributed by atoms with E-state index in [0.29, 0.717) is 12.0 Å². The second-order valence-corrected chi connectivity index (χ2v) is 5.52. The fraction of sp³-hybridized carbons (Fsp3) is 0.300. The molecule has 0 saturated carbocycles. The number of hydrogen-bond donors (Lipinski definition) is 0. The number of esters is 1. The average Bonchev–Trinajstić information content (AvgIpc) is 2.61. The van der Waals surface area contributed by atoms with Gasteiger partial charge in [-0.2, -0.15) is 0 Å². The van der Waals surface area contributed by atoms with Crippen LogP contribution in [0.5, 0.6) is 0 Å². The van der Waals surface area contributed by atoms with Gasteiger partial charge in [-0.25, -0.2) is 0 Å². The summed E-state index contributed by atoms with van der Waals surface area (Å²) >= 11 is 0. The van der Waals surface area contributed by atoms with E-state index in [-0.39, 0.29) is 12.4 Å². The Morgan fingerprint density at radius 2 is 1.57 bits per heavy atom. The summed E-state index contributed by atoms with van der Waals surface area (Å²) in [7, 11) is 0. The molecule has 2 aromatic rings. The number of unbranched alkanes of at least 4 members (excludes halogenated alkanes) is 1.